The lowest BCUT2D eigenvalue weighted by molar-refractivity contribution is 0.459. The second-order valence-corrected chi connectivity index (χ2v) is 3.97. The van der Waals surface area contributed by atoms with E-state index in [1.54, 1.807) is 24.3 Å². The Balaban J connectivity index is 2.25. The summed E-state index contributed by atoms with van der Waals surface area (Å²) in [5, 5.41) is 8.66. The van der Waals surface area contributed by atoms with Crippen LogP contribution in [0.3, 0.4) is 0 Å². The largest absolute Gasteiger partial charge is 0.438 e. The number of ether oxygens (including phenoxy) is 1. The average Bonchev–Trinajstić information content (AvgIpc) is 2.35. The Morgan fingerprint density at radius 3 is 2.65 bits per heavy atom. The zero-order valence-electron chi connectivity index (χ0n) is 8.59. The summed E-state index contributed by atoms with van der Waals surface area (Å²) < 4.78 is 6.11. The van der Waals surface area contributed by atoms with Gasteiger partial charge in [0.1, 0.15) is 5.75 Å². The number of anilines is 1. The standard InChI is InChI=1S/C11H7BrN4O/c12-9-6-15-11(14)16-10(9)17-8-3-1-7(5-13)2-4-8/h1-4,6H,(H2,14,15,16). The number of nitrogen functional groups attached to an aromatic ring is 1. The van der Waals surface area contributed by atoms with E-state index < -0.39 is 0 Å². The van der Waals surface area contributed by atoms with E-state index in [-0.39, 0.29) is 5.95 Å². The third-order valence-electron chi connectivity index (χ3n) is 1.93. The lowest BCUT2D eigenvalue weighted by Crippen LogP contribution is -1.97. The maximum atomic E-state index is 8.66. The van der Waals surface area contributed by atoms with Crippen molar-refractivity contribution < 1.29 is 4.74 Å². The van der Waals surface area contributed by atoms with E-state index in [1.807, 2.05) is 6.07 Å². The first-order chi connectivity index (χ1) is 8.19. The number of nitriles is 1. The summed E-state index contributed by atoms with van der Waals surface area (Å²) in [6, 6.07) is 8.72. The van der Waals surface area contributed by atoms with Crippen molar-refractivity contribution in [3.05, 3.63) is 40.5 Å². The first-order valence-corrected chi connectivity index (χ1v) is 5.44. The Bertz CT molecular complexity index is 577. The summed E-state index contributed by atoms with van der Waals surface area (Å²) in [7, 11) is 0. The van der Waals surface area contributed by atoms with Crippen molar-refractivity contribution in [1.82, 2.24) is 9.97 Å². The number of rotatable bonds is 2. The van der Waals surface area contributed by atoms with Crippen LogP contribution in [0.4, 0.5) is 5.95 Å². The third kappa shape index (κ3) is 2.71. The van der Waals surface area contributed by atoms with Crippen LogP contribution in [0.1, 0.15) is 5.56 Å². The number of halogens is 1. The monoisotopic (exact) mass is 290 g/mol. The highest BCUT2D eigenvalue weighted by Crippen LogP contribution is 2.27. The summed E-state index contributed by atoms with van der Waals surface area (Å²) in [6.07, 6.45) is 1.52. The normalized spacial score (nSPS) is 9.65. The van der Waals surface area contributed by atoms with Crippen molar-refractivity contribution in [3.63, 3.8) is 0 Å². The molecule has 0 aliphatic rings. The Hall–Kier alpha value is -2.13. The number of nitrogens with two attached hydrogens (primary N) is 1. The zero-order chi connectivity index (χ0) is 12.3. The van der Waals surface area contributed by atoms with Crippen LogP contribution in [0, 0.1) is 11.3 Å². The Labute approximate surface area is 106 Å². The Kier molecular flexibility index (Phi) is 3.21. The number of hydrogen-bond acceptors (Lipinski definition) is 5. The molecule has 2 N–H and O–H groups in total. The molecule has 0 unspecified atom stereocenters. The Morgan fingerprint density at radius 2 is 2.00 bits per heavy atom. The van der Waals surface area contributed by atoms with E-state index >= 15 is 0 Å². The van der Waals surface area contributed by atoms with Gasteiger partial charge in [0.25, 0.3) is 0 Å². The molecule has 0 saturated heterocycles. The van der Waals surface area contributed by atoms with Gasteiger partial charge in [-0.15, -0.1) is 0 Å². The van der Waals surface area contributed by atoms with Crippen LogP contribution in [0.15, 0.2) is 34.9 Å². The maximum absolute atomic E-state index is 8.66. The smallest absolute Gasteiger partial charge is 0.238 e. The minimum atomic E-state index is 0.136. The molecule has 0 saturated carbocycles. The van der Waals surface area contributed by atoms with Crippen LogP contribution < -0.4 is 10.5 Å². The SMILES string of the molecule is N#Cc1ccc(Oc2nc(N)ncc2Br)cc1. The number of aromatic nitrogens is 2. The van der Waals surface area contributed by atoms with Gasteiger partial charge in [-0.25, -0.2) is 4.98 Å². The highest BCUT2D eigenvalue weighted by atomic mass is 79.9. The molecule has 0 atom stereocenters. The molecule has 2 aromatic rings. The molecule has 17 heavy (non-hydrogen) atoms. The topological polar surface area (TPSA) is 84.8 Å². The summed E-state index contributed by atoms with van der Waals surface area (Å²) in [5.41, 5.74) is 6.03. The van der Waals surface area contributed by atoms with Gasteiger partial charge in [-0.3, -0.25) is 0 Å². The summed E-state index contributed by atoms with van der Waals surface area (Å²) in [4.78, 5) is 7.75. The molecule has 0 aliphatic heterocycles. The van der Waals surface area contributed by atoms with Gasteiger partial charge in [0.2, 0.25) is 11.8 Å². The van der Waals surface area contributed by atoms with Gasteiger partial charge >= 0.3 is 0 Å². The predicted molar refractivity (Wildman–Crippen MR) is 65.4 cm³/mol. The second kappa shape index (κ2) is 4.80. The maximum Gasteiger partial charge on any atom is 0.238 e. The van der Waals surface area contributed by atoms with Crippen LogP contribution in [0.25, 0.3) is 0 Å². The van der Waals surface area contributed by atoms with Gasteiger partial charge < -0.3 is 10.5 Å². The molecule has 1 heterocycles. The quantitative estimate of drug-likeness (QED) is 0.918. The fourth-order valence-corrected chi connectivity index (χ4v) is 1.42. The van der Waals surface area contributed by atoms with Crippen molar-refractivity contribution in [2.45, 2.75) is 0 Å². The van der Waals surface area contributed by atoms with Crippen molar-refractivity contribution >= 4 is 21.9 Å². The first kappa shape index (κ1) is 11.4. The molecule has 6 heteroatoms. The molecular formula is C11H7BrN4O. The molecule has 1 aromatic carbocycles. The van der Waals surface area contributed by atoms with E-state index in [1.165, 1.54) is 6.20 Å². The second-order valence-electron chi connectivity index (χ2n) is 3.12. The van der Waals surface area contributed by atoms with Gasteiger partial charge in [0.05, 0.1) is 22.3 Å². The van der Waals surface area contributed by atoms with E-state index in [9.17, 15) is 0 Å². The number of benzene rings is 1. The van der Waals surface area contributed by atoms with Crippen molar-refractivity contribution in [1.29, 1.82) is 5.26 Å². The number of hydrogen-bond donors (Lipinski definition) is 1. The van der Waals surface area contributed by atoms with Crippen molar-refractivity contribution in [3.8, 4) is 17.7 Å². The summed E-state index contributed by atoms with van der Waals surface area (Å²) in [6.45, 7) is 0. The zero-order valence-corrected chi connectivity index (χ0v) is 10.2. The van der Waals surface area contributed by atoms with Crippen LogP contribution in [-0.2, 0) is 0 Å². The lowest BCUT2D eigenvalue weighted by atomic mass is 10.2. The third-order valence-corrected chi connectivity index (χ3v) is 2.47. The summed E-state index contributed by atoms with van der Waals surface area (Å²) in [5.74, 6) is 1.04. The van der Waals surface area contributed by atoms with Crippen LogP contribution in [0.2, 0.25) is 0 Å². The van der Waals surface area contributed by atoms with Gasteiger partial charge in [0, 0.05) is 0 Å². The number of nitrogens with zero attached hydrogens (tertiary/aromatic N) is 3. The molecule has 0 spiro atoms. The van der Waals surface area contributed by atoms with E-state index in [0.717, 1.165) is 0 Å². The first-order valence-electron chi connectivity index (χ1n) is 4.65. The fourth-order valence-electron chi connectivity index (χ4n) is 1.15. The predicted octanol–water partition coefficient (Wildman–Crippen LogP) is 2.49. The van der Waals surface area contributed by atoms with Crippen LogP contribution in [-0.4, -0.2) is 9.97 Å². The molecular weight excluding hydrogens is 284 g/mol. The van der Waals surface area contributed by atoms with Crippen LogP contribution >= 0.6 is 15.9 Å². The van der Waals surface area contributed by atoms with Gasteiger partial charge in [-0.05, 0) is 40.2 Å². The van der Waals surface area contributed by atoms with Crippen LogP contribution in [0.5, 0.6) is 11.6 Å². The molecule has 84 valence electrons. The lowest BCUT2D eigenvalue weighted by Gasteiger charge is -2.06. The molecule has 2 rings (SSSR count). The van der Waals surface area contributed by atoms with E-state index in [4.69, 9.17) is 15.7 Å². The fraction of sp³-hybridized carbons (Fsp3) is 0. The Morgan fingerprint density at radius 1 is 1.29 bits per heavy atom. The molecule has 5 nitrogen and oxygen atoms in total. The van der Waals surface area contributed by atoms with Crippen molar-refractivity contribution in [2.24, 2.45) is 0 Å². The minimum absolute atomic E-state index is 0.136. The average molecular weight is 291 g/mol. The highest BCUT2D eigenvalue weighted by Gasteiger charge is 2.06. The van der Waals surface area contributed by atoms with E-state index in [0.29, 0.717) is 21.7 Å². The molecule has 0 amide bonds. The molecule has 1 aromatic heterocycles. The highest BCUT2D eigenvalue weighted by molar-refractivity contribution is 9.10. The summed E-state index contributed by atoms with van der Waals surface area (Å²) >= 11 is 3.26. The van der Waals surface area contributed by atoms with Crippen molar-refractivity contribution in [2.75, 3.05) is 5.73 Å². The molecule has 0 bridgehead atoms. The molecule has 0 fully saturated rings. The minimum Gasteiger partial charge on any atom is -0.438 e. The van der Waals surface area contributed by atoms with Gasteiger partial charge in [-0.2, -0.15) is 10.2 Å². The molecule has 0 aliphatic carbocycles. The molecule has 0 radical (unpaired) electrons. The van der Waals surface area contributed by atoms with E-state index in [2.05, 4.69) is 25.9 Å². The van der Waals surface area contributed by atoms with Gasteiger partial charge in [-0.1, -0.05) is 0 Å². The van der Waals surface area contributed by atoms with Gasteiger partial charge in [0.15, 0.2) is 0 Å².